The summed E-state index contributed by atoms with van der Waals surface area (Å²) < 4.78 is 16.8. The normalized spacial score (nSPS) is 11.7. The van der Waals surface area contributed by atoms with Gasteiger partial charge >= 0.3 is 5.97 Å². The average molecular weight is 560 g/mol. The van der Waals surface area contributed by atoms with E-state index in [0.717, 1.165) is 45.2 Å². The van der Waals surface area contributed by atoms with E-state index < -0.39 is 5.97 Å². The van der Waals surface area contributed by atoms with Gasteiger partial charge in [-0.25, -0.2) is 4.79 Å². The minimum absolute atomic E-state index is 0.0851. The van der Waals surface area contributed by atoms with Crippen molar-refractivity contribution in [2.45, 2.75) is 27.7 Å². The fourth-order valence-electron chi connectivity index (χ4n) is 4.89. The Morgan fingerprint density at radius 2 is 1.80 bits per heavy atom. The lowest BCUT2D eigenvalue weighted by Gasteiger charge is -2.20. The molecule has 1 heterocycles. The second-order valence-corrected chi connectivity index (χ2v) is 9.62. The van der Waals surface area contributed by atoms with Gasteiger partial charge in [-0.3, -0.25) is 9.79 Å². The number of fused-ring (bicyclic) bond motifs is 2. The SMILES string of the molecule is CC/N=c1/cc2oc3cc(NCC)c(C)cc3c(-c3ccc(C(=O)NCCOCCO)cc3C(=O)OC)c-2cc1C. The zero-order chi connectivity index (χ0) is 29.5. The van der Waals surface area contributed by atoms with Gasteiger partial charge in [0.15, 0.2) is 0 Å². The van der Waals surface area contributed by atoms with Crippen LogP contribution < -0.4 is 16.0 Å². The maximum absolute atomic E-state index is 13.2. The fourth-order valence-corrected chi connectivity index (χ4v) is 4.89. The maximum Gasteiger partial charge on any atom is 0.338 e. The molecule has 1 aliphatic carbocycles. The summed E-state index contributed by atoms with van der Waals surface area (Å²) in [4.78, 5) is 30.7. The molecular weight excluding hydrogens is 522 g/mol. The minimum Gasteiger partial charge on any atom is -0.465 e. The first kappa shape index (κ1) is 29.8. The van der Waals surface area contributed by atoms with Crippen LogP contribution in [0.2, 0.25) is 0 Å². The number of carbonyl (C=O) groups excluding carboxylic acids is 2. The summed E-state index contributed by atoms with van der Waals surface area (Å²) >= 11 is 0. The summed E-state index contributed by atoms with van der Waals surface area (Å²) in [6, 6.07) is 13.0. The Bertz CT molecular complexity index is 1610. The van der Waals surface area contributed by atoms with Crippen LogP contribution in [0.4, 0.5) is 5.69 Å². The number of ether oxygens (including phenoxy) is 2. The van der Waals surface area contributed by atoms with E-state index in [1.165, 1.54) is 7.11 Å². The molecule has 4 rings (SSSR count). The molecule has 0 spiro atoms. The Kier molecular flexibility index (Phi) is 9.75. The summed E-state index contributed by atoms with van der Waals surface area (Å²) in [6.45, 7) is 10.1. The number of methoxy groups -OCH3 is 1. The Hall–Kier alpha value is -4.21. The third kappa shape index (κ3) is 6.42. The van der Waals surface area contributed by atoms with E-state index in [2.05, 4.69) is 21.7 Å². The summed E-state index contributed by atoms with van der Waals surface area (Å²) in [5.41, 5.74) is 6.46. The van der Waals surface area contributed by atoms with Crippen molar-refractivity contribution in [1.82, 2.24) is 5.32 Å². The highest BCUT2D eigenvalue weighted by Crippen LogP contribution is 2.43. The van der Waals surface area contributed by atoms with E-state index in [4.69, 9.17) is 19.0 Å². The van der Waals surface area contributed by atoms with E-state index in [1.807, 2.05) is 45.9 Å². The van der Waals surface area contributed by atoms with Crippen molar-refractivity contribution < 1.29 is 28.6 Å². The lowest BCUT2D eigenvalue weighted by Crippen LogP contribution is -2.27. The zero-order valence-electron chi connectivity index (χ0n) is 24.2. The largest absolute Gasteiger partial charge is 0.465 e. The van der Waals surface area contributed by atoms with Crippen molar-refractivity contribution >= 4 is 28.5 Å². The van der Waals surface area contributed by atoms with Gasteiger partial charge in [0.1, 0.15) is 11.3 Å². The number of hydrogen-bond donors (Lipinski definition) is 3. The van der Waals surface area contributed by atoms with Gasteiger partial charge < -0.3 is 29.6 Å². The number of hydrogen-bond acceptors (Lipinski definition) is 8. The summed E-state index contributed by atoms with van der Waals surface area (Å²) in [5.74, 6) is -0.268. The monoisotopic (exact) mass is 559 g/mol. The van der Waals surface area contributed by atoms with Gasteiger partial charge in [0.05, 0.1) is 37.9 Å². The second kappa shape index (κ2) is 13.4. The van der Waals surface area contributed by atoms with Crippen molar-refractivity contribution in [3.05, 3.63) is 70.1 Å². The molecule has 41 heavy (non-hydrogen) atoms. The molecule has 3 N–H and O–H groups in total. The van der Waals surface area contributed by atoms with Gasteiger partial charge in [-0.15, -0.1) is 0 Å². The molecule has 9 nitrogen and oxygen atoms in total. The van der Waals surface area contributed by atoms with Gasteiger partial charge in [-0.05, 0) is 68.7 Å². The number of aliphatic hydroxyl groups is 1. The Balaban J connectivity index is 1.95. The van der Waals surface area contributed by atoms with E-state index >= 15 is 0 Å². The predicted octanol–water partition coefficient (Wildman–Crippen LogP) is 4.70. The molecule has 2 aromatic rings. The van der Waals surface area contributed by atoms with Crippen LogP contribution in [-0.2, 0) is 9.47 Å². The predicted molar refractivity (Wildman–Crippen MR) is 160 cm³/mol. The van der Waals surface area contributed by atoms with Crippen molar-refractivity contribution in [2.24, 2.45) is 4.99 Å². The van der Waals surface area contributed by atoms with Crippen LogP contribution in [0.25, 0.3) is 33.4 Å². The highest BCUT2D eigenvalue weighted by molar-refractivity contribution is 6.10. The highest BCUT2D eigenvalue weighted by atomic mass is 16.5. The molecule has 2 aromatic carbocycles. The van der Waals surface area contributed by atoms with Crippen LogP contribution in [0.1, 0.15) is 45.7 Å². The molecule has 0 bridgehead atoms. The van der Waals surface area contributed by atoms with Crippen LogP contribution in [0, 0.1) is 13.8 Å². The first-order valence-corrected chi connectivity index (χ1v) is 13.8. The number of aryl methyl sites for hydroxylation is 2. The van der Waals surface area contributed by atoms with Crippen molar-refractivity contribution in [3.63, 3.8) is 0 Å². The number of benzene rings is 3. The smallest absolute Gasteiger partial charge is 0.338 e. The Labute approximate surface area is 239 Å². The first-order chi connectivity index (χ1) is 19.8. The lowest BCUT2D eigenvalue weighted by atomic mass is 9.88. The van der Waals surface area contributed by atoms with Crippen molar-refractivity contribution in [3.8, 4) is 22.5 Å². The van der Waals surface area contributed by atoms with E-state index in [1.54, 1.807) is 18.2 Å². The molecule has 1 aliphatic heterocycles. The Morgan fingerprint density at radius 1 is 1.00 bits per heavy atom. The van der Waals surface area contributed by atoms with E-state index in [-0.39, 0.29) is 37.8 Å². The number of carbonyl (C=O) groups is 2. The standard InChI is InChI=1S/C32H37N3O6/c1-6-33-26-17-28-24(14-19(26)3)30(25-15-20(4)27(34-7-2)18-29(25)41-28)22-9-8-21(16-23(22)32(38)39-5)31(37)35-10-12-40-13-11-36/h8-9,14-18,33,36H,6-7,10-13H2,1-5H3,(H,35,37)/b34-27-. The molecule has 216 valence electrons. The molecular formula is C32H37N3O6. The Morgan fingerprint density at radius 3 is 2.51 bits per heavy atom. The van der Waals surface area contributed by atoms with Crippen LogP contribution in [0.5, 0.6) is 0 Å². The molecule has 1 amide bonds. The number of aliphatic hydroxyl groups excluding tert-OH is 1. The van der Waals surface area contributed by atoms with Gasteiger partial charge in [0, 0.05) is 59.5 Å². The zero-order valence-corrected chi connectivity index (χ0v) is 24.2. The highest BCUT2D eigenvalue weighted by Gasteiger charge is 2.24. The molecule has 0 saturated carbocycles. The molecule has 0 aromatic heterocycles. The third-order valence-electron chi connectivity index (χ3n) is 6.80. The van der Waals surface area contributed by atoms with E-state index in [0.29, 0.717) is 29.0 Å². The quantitative estimate of drug-likeness (QED) is 0.138. The minimum atomic E-state index is -0.557. The molecule has 0 unspecified atom stereocenters. The number of anilines is 1. The van der Waals surface area contributed by atoms with Crippen LogP contribution in [0.3, 0.4) is 0 Å². The number of nitrogens with one attached hydrogen (secondary N) is 2. The number of amides is 1. The summed E-state index contributed by atoms with van der Waals surface area (Å²) in [7, 11) is 1.32. The fraction of sp³-hybridized carbons (Fsp3) is 0.344. The average Bonchev–Trinajstić information content (AvgIpc) is 2.96. The van der Waals surface area contributed by atoms with E-state index in [9.17, 15) is 9.59 Å². The molecule has 9 heteroatoms. The van der Waals surface area contributed by atoms with Gasteiger partial charge in [-0.2, -0.15) is 0 Å². The molecule has 0 saturated heterocycles. The number of rotatable bonds is 11. The summed E-state index contributed by atoms with van der Waals surface area (Å²) in [5, 5.41) is 16.7. The van der Waals surface area contributed by atoms with Crippen LogP contribution in [-0.4, -0.2) is 63.5 Å². The number of esters is 1. The molecule has 0 fully saturated rings. The second-order valence-electron chi connectivity index (χ2n) is 9.62. The lowest BCUT2D eigenvalue weighted by molar-refractivity contribution is 0.0601. The van der Waals surface area contributed by atoms with Crippen molar-refractivity contribution in [2.75, 3.05) is 51.9 Å². The third-order valence-corrected chi connectivity index (χ3v) is 6.80. The van der Waals surface area contributed by atoms with Gasteiger partial charge in [0.2, 0.25) is 0 Å². The topological polar surface area (TPSA) is 122 Å². The van der Waals surface area contributed by atoms with Crippen LogP contribution in [0.15, 0.2) is 51.9 Å². The molecule has 0 radical (unpaired) electrons. The van der Waals surface area contributed by atoms with Gasteiger partial charge in [-0.1, -0.05) is 6.07 Å². The molecule has 2 aliphatic rings. The maximum atomic E-state index is 13.2. The molecule has 0 atom stereocenters. The summed E-state index contributed by atoms with van der Waals surface area (Å²) in [6.07, 6.45) is 0. The van der Waals surface area contributed by atoms with Crippen LogP contribution >= 0.6 is 0 Å². The first-order valence-electron chi connectivity index (χ1n) is 13.8. The van der Waals surface area contributed by atoms with Gasteiger partial charge in [0.25, 0.3) is 5.91 Å². The van der Waals surface area contributed by atoms with Crippen molar-refractivity contribution in [1.29, 1.82) is 0 Å². The number of nitrogens with zero attached hydrogens (tertiary/aromatic N) is 1.